The molecule has 0 bridgehead atoms. The minimum absolute atomic E-state index is 0.101. The molecule has 1 aromatic rings. The zero-order chi connectivity index (χ0) is 10.7. The summed E-state index contributed by atoms with van der Waals surface area (Å²) in [6.07, 6.45) is 6.04. The molecule has 1 N–H and O–H groups in total. The first-order valence-electron chi connectivity index (χ1n) is 5.20. The molecule has 1 aromatic heterocycles. The fourth-order valence-electron chi connectivity index (χ4n) is 1.88. The van der Waals surface area contributed by atoms with E-state index in [4.69, 9.17) is 0 Å². The zero-order valence-corrected chi connectivity index (χ0v) is 9.24. The standard InChI is InChI=1S/C12H14O2S/c13-11(9-5-2-1-3-6-9)12(14)10-7-4-8-15-10/h1-2,4,7-9,11,13H,3,5-6H2. The summed E-state index contributed by atoms with van der Waals surface area (Å²) in [4.78, 5) is 12.5. The molecule has 2 unspecified atom stereocenters. The van der Waals surface area contributed by atoms with Gasteiger partial charge >= 0.3 is 0 Å². The molecule has 0 saturated carbocycles. The van der Waals surface area contributed by atoms with E-state index in [9.17, 15) is 9.90 Å². The summed E-state index contributed by atoms with van der Waals surface area (Å²) in [6.45, 7) is 0. The number of rotatable bonds is 3. The maximum atomic E-state index is 11.8. The smallest absolute Gasteiger partial charge is 0.201 e. The van der Waals surface area contributed by atoms with E-state index in [1.165, 1.54) is 11.3 Å². The number of Topliss-reactive ketones (excluding diaryl/α,β-unsaturated/α-hetero) is 1. The van der Waals surface area contributed by atoms with E-state index in [0.717, 1.165) is 19.3 Å². The predicted molar refractivity (Wildman–Crippen MR) is 61.1 cm³/mol. The Bertz CT molecular complexity index is 354. The molecule has 2 atom stereocenters. The van der Waals surface area contributed by atoms with Gasteiger partial charge < -0.3 is 5.11 Å². The SMILES string of the molecule is O=C(c1cccs1)C(O)C1CC=CCC1. The first-order chi connectivity index (χ1) is 7.29. The number of allylic oxidation sites excluding steroid dienone is 2. The van der Waals surface area contributed by atoms with Crippen LogP contribution in [0, 0.1) is 5.92 Å². The van der Waals surface area contributed by atoms with Crippen LogP contribution in [0.4, 0.5) is 0 Å². The molecule has 1 aliphatic rings. The second-order valence-electron chi connectivity index (χ2n) is 3.83. The predicted octanol–water partition coefficient (Wildman–Crippen LogP) is 2.65. The van der Waals surface area contributed by atoms with E-state index in [1.54, 1.807) is 6.07 Å². The summed E-state index contributed by atoms with van der Waals surface area (Å²) in [5.74, 6) is -0.0186. The molecule has 1 heterocycles. The molecule has 3 heteroatoms. The normalized spacial score (nSPS) is 22.6. The quantitative estimate of drug-likeness (QED) is 0.630. The Morgan fingerprint density at radius 2 is 2.40 bits per heavy atom. The molecule has 0 fully saturated rings. The van der Waals surface area contributed by atoms with Crippen molar-refractivity contribution in [1.29, 1.82) is 0 Å². The van der Waals surface area contributed by atoms with Gasteiger partial charge in [-0.15, -0.1) is 11.3 Å². The van der Waals surface area contributed by atoms with Crippen LogP contribution in [-0.4, -0.2) is 17.0 Å². The number of thiophene rings is 1. The van der Waals surface area contributed by atoms with Crippen molar-refractivity contribution in [2.24, 2.45) is 5.92 Å². The fourth-order valence-corrected chi connectivity index (χ4v) is 2.58. The lowest BCUT2D eigenvalue weighted by atomic mass is 9.87. The highest BCUT2D eigenvalue weighted by Gasteiger charge is 2.27. The molecule has 0 spiro atoms. The molecule has 2 nitrogen and oxygen atoms in total. The van der Waals surface area contributed by atoms with Crippen LogP contribution >= 0.6 is 11.3 Å². The van der Waals surface area contributed by atoms with Crippen molar-refractivity contribution in [1.82, 2.24) is 0 Å². The van der Waals surface area contributed by atoms with E-state index in [2.05, 4.69) is 12.2 Å². The molecule has 1 aliphatic carbocycles. The van der Waals surface area contributed by atoms with E-state index < -0.39 is 6.10 Å². The van der Waals surface area contributed by atoms with Gasteiger partial charge in [-0.1, -0.05) is 18.2 Å². The number of hydrogen-bond acceptors (Lipinski definition) is 3. The molecule has 80 valence electrons. The molecule has 15 heavy (non-hydrogen) atoms. The molecular formula is C12H14O2S. The summed E-state index contributed by atoms with van der Waals surface area (Å²) < 4.78 is 0. The van der Waals surface area contributed by atoms with Crippen molar-refractivity contribution in [3.63, 3.8) is 0 Å². The Kier molecular flexibility index (Phi) is 3.34. The van der Waals surface area contributed by atoms with Gasteiger partial charge in [0, 0.05) is 0 Å². The Balaban J connectivity index is 2.04. The fraction of sp³-hybridized carbons (Fsp3) is 0.417. The monoisotopic (exact) mass is 222 g/mol. The lowest BCUT2D eigenvalue weighted by molar-refractivity contribution is 0.0591. The second kappa shape index (κ2) is 4.73. The van der Waals surface area contributed by atoms with Crippen LogP contribution in [0.25, 0.3) is 0 Å². The highest BCUT2D eigenvalue weighted by Crippen LogP contribution is 2.25. The molecule has 0 saturated heterocycles. The Morgan fingerprint density at radius 1 is 1.53 bits per heavy atom. The third-order valence-electron chi connectivity index (χ3n) is 2.79. The second-order valence-corrected chi connectivity index (χ2v) is 4.78. The first-order valence-corrected chi connectivity index (χ1v) is 6.08. The Morgan fingerprint density at radius 3 is 3.00 bits per heavy atom. The Hall–Kier alpha value is -0.930. The van der Waals surface area contributed by atoms with E-state index in [-0.39, 0.29) is 11.7 Å². The average molecular weight is 222 g/mol. The van der Waals surface area contributed by atoms with Gasteiger partial charge in [-0.05, 0) is 36.6 Å². The molecule has 0 aliphatic heterocycles. The third-order valence-corrected chi connectivity index (χ3v) is 3.67. The molecule has 0 radical (unpaired) electrons. The van der Waals surface area contributed by atoms with Crippen LogP contribution in [0.5, 0.6) is 0 Å². The number of hydrogen-bond donors (Lipinski definition) is 1. The maximum Gasteiger partial charge on any atom is 0.201 e. The number of aliphatic hydroxyl groups excluding tert-OH is 1. The molecule has 0 aromatic carbocycles. The van der Waals surface area contributed by atoms with Crippen LogP contribution in [0.1, 0.15) is 28.9 Å². The van der Waals surface area contributed by atoms with Gasteiger partial charge in [-0.25, -0.2) is 0 Å². The van der Waals surface area contributed by atoms with Crippen molar-refractivity contribution in [2.75, 3.05) is 0 Å². The van der Waals surface area contributed by atoms with Gasteiger partial charge in [-0.2, -0.15) is 0 Å². The van der Waals surface area contributed by atoms with Crippen molar-refractivity contribution in [3.05, 3.63) is 34.5 Å². The van der Waals surface area contributed by atoms with E-state index >= 15 is 0 Å². The summed E-state index contributed by atoms with van der Waals surface area (Å²) in [5, 5.41) is 11.8. The average Bonchev–Trinajstić information content (AvgIpc) is 2.82. The van der Waals surface area contributed by atoms with Crippen molar-refractivity contribution < 1.29 is 9.90 Å². The van der Waals surface area contributed by atoms with E-state index in [1.807, 2.05) is 11.4 Å². The summed E-state index contributed by atoms with van der Waals surface area (Å²) in [7, 11) is 0. The van der Waals surface area contributed by atoms with Crippen LogP contribution in [0.15, 0.2) is 29.7 Å². The lowest BCUT2D eigenvalue weighted by Gasteiger charge is -2.22. The van der Waals surface area contributed by atoms with Gasteiger partial charge in [0.05, 0.1) is 4.88 Å². The van der Waals surface area contributed by atoms with Crippen molar-refractivity contribution in [3.8, 4) is 0 Å². The molecule has 2 rings (SSSR count). The number of carbonyl (C=O) groups excluding carboxylic acids is 1. The van der Waals surface area contributed by atoms with Gasteiger partial charge in [0.15, 0.2) is 0 Å². The van der Waals surface area contributed by atoms with Crippen LogP contribution in [-0.2, 0) is 0 Å². The highest BCUT2D eigenvalue weighted by molar-refractivity contribution is 7.12. The van der Waals surface area contributed by atoms with Gasteiger partial charge in [0.25, 0.3) is 0 Å². The topological polar surface area (TPSA) is 37.3 Å². The first kappa shape index (κ1) is 10.6. The van der Waals surface area contributed by atoms with Gasteiger partial charge in [-0.3, -0.25) is 4.79 Å². The Labute approximate surface area is 93.3 Å². The van der Waals surface area contributed by atoms with Crippen molar-refractivity contribution >= 4 is 17.1 Å². The van der Waals surface area contributed by atoms with Crippen molar-refractivity contribution in [2.45, 2.75) is 25.4 Å². The summed E-state index contributed by atoms with van der Waals surface area (Å²) in [6, 6.07) is 3.61. The maximum absolute atomic E-state index is 11.8. The molecule has 0 amide bonds. The largest absolute Gasteiger partial charge is 0.385 e. The minimum atomic E-state index is -0.825. The van der Waals surface area contributed by atoms with Crippen LogP contribution in [0.2, 0.25) is 0 Å². The minimum Gasteiger partial charge on any atom is -0.385 e. The van der Waals surface area contributed by atoms with E-state index in [0.29, 0.717) is 4.88 Å². The summed E-state index contributed by atoms with van der Waals surface area (Å²) in [5.41, 5.74) is 0. The summed E-state index contributed by atoms with van der Waals surface area (Å²) >= 11 is 1.40. The number of aliphatic hydroxyl groups is 1. The zero-order valence-electron chi connectivity index (χ0n) is 8.43. The lowest BCUT2D eigenvalue weighted by Crippen LogP contribution is -2.29. The third kappa shape index (κ3) is 2.36. The number of ketones is 1. The molecular weight excluding hydrogens is 208 g/mol. The van der Waals surface area contributed by atoms with Crippen LogP contribution < -0.4 is 0 Å². The van der Waals surface area contributed by atoms with Gasteiger partial charge in [0.1, 0.15) is 6.10 Å². The highest BCUT2D eigenvalue weighted by atomic mass is 32.1. The van der Waals surface area contributed by atoms with Crippen LogP contribution in [0.3, 0.4) is 0 Å². The number of carbonyl (C=O) groups is 1. The van der Waals surface area contributed by atoms with Gasteiger partial charge in [0.2, 0.25) is 5.78 Å².